The van der Waals surface area contributed by atoms with Gasteiger partial charge in [0.2, 0.25) is 10.0 Å². The Bertz CT molecular complexity index is 631. The molecule has 0 radical (unpaired) electrons. The highest BCUT2D eigenvalue weighted by Gasteiger charge is 2.34. The van der Waals surface area contributed by atoms with Crippen LogP contribution in [0.15, 0.2) is 6.20 Å². The third-order valence-corrected chi connectivity index (χ3v) is 6.11. The van der Waals surface area contributed by atoms with Gasteiger partial charge in [-0.15, -0.1) is 0 Å². The minimum Gasteiger partial charge on any atom is -0.269 e. The number of nitrogens with one attached hydrogen (secondary N) is 1. The molecule has 1 aliphatic carbocycles. The molecule has 3 rings (SSSR count). The number of carbonyl (C=O) groups excluding carboxylic acids is 1. The SMILES string of the molecule is CC1CCn2ncc(C(=O)NS(=O)(=O)C3CCC3)c2C1. The molecule has 1 N–H and O–H groups in total. The fourth-order valence-corrected chi connectivity index (χ4v) is 4.22. The van der Waals surface area contributed by atoms with Crippen LogP contribution in [0.3, 0.4) is 0 Å². The van der Waals surface area contributed by atoms with Crippen LogP contribution in [-0.2, 0) is 23.0 Å². The molecule has 1 unspecified atom stereocenters. The lowest BCUT2D eigenvalue weighted by molar-refractivity contribution is 0.0979. The van der Waals surface area contributed by atoms with Gasteiger partial charge in [-0.1, -0.05) is 13.3 Å². The van der Waals surface area contributed by atoms with Crippen LogP contribution in [0.5, 0.6) is 0 Å². The number of rotatable bonds is 3. The van der Waals surface area contributed by atoms with E-state index in [0.29, 0.717) is 24.3 Å². The van der Waals surface area contributed by atoms with Gasteiger partial charge in [-0.2, -0.15) is 5.10 Å². The summed E-state index contributed by atoms with van der Waals surface area (Å²) in [7, 11) is -3.53. The van der Waals surface area contributed by atoms with Gasteiger partial charge in [0.25, 0.3) is 5.91 Å². The van der Waals surface area contributed by atoms with E-state index in [0.717, 1.165) is 31.5 Å². The predicted octanol–water partition coefficient (Wildman–Crippen LogP) is 1.08. The Morgan fingerprint density at radius 1 is 1.40 bits per heavy atom. The van der Waals surface area contributed by atoms with Gasteiger partial charge in [-0.25, -0.2) is 13.1 Å². The van der Waals surface area contributed by atoms with Crippen LogP contribution in [0.2, 0.25) is 0 Å². The molecule has 20 heavy (non-hydrogen) atoms. The Labute approximate surface area is 118 Å². The molecule has 2 heterocycles. The Kier molecular flexibility index (Phi) is 3.32. The predicted molar refractivity (Wildman–Crippen MR) is 73.7 cm³/mol. The first-order valence-corrected chi connectivity index (χ1v) is 8.62. The maximum absolute atomic E-state index is 12.2. The van der Waals surface area contributed by atoms with Crippen molar-refractivity contribution in [3.05, 3.63) is 17.5 Å². The summed E-state index contributed by atoms with van der Waals surface area (Å²) in [5, 5.41) is 3.78. The fourth-order valence-electron chi connectivity index (χ4n) is 2.73. The third kappa shape index (κ3) is 2.34. The maximum Gasteiger partial charge on any atom is 0.268 e. The van der Waals surface area contributed by atoms with E-state index in [2.05, 4.69) is 16.7 Å². The molecule has 0 saturated heterocycles. The molecule has 1 aliphatic heterocycles. The molecule has 7 heteroatoms. The summed E-state index contributed by atoms with van der Waals surface area (Å²) in [4.78, 5) is 12.2. The molecule has 1 atom stereocenters. The van der Waals surface area contributed by atoms with E-state index in [1.54, 1.807) is 0 Å². The molecule has 1 fully saturated rings. The Morgan fingerprint density at radius 3 is 2.80 bits per heavy atom. The van der Waals surface area contributed by atoms with Crippen molar-refractivity contribution in [3.8, 4) is 0 Å². The smallest absolute Gasteiger partial charge is 0.268 e. The fraction of sp³-hybridized carbons (Fsp3) is 0.692. The minimum absolute atomic E-state index is 0.402. The number of hydrogen-bond donors (Lipinski definition) is 1. The molecule has 2 aliphatic rings. The Balaban J connectivity index is 1.79. The highest BCUT2D eigenvalue weighted by Crippen LogP contribution is 2.26. The van der Waals surface area contributed by atoms with Crippen molar-refractivity contribution in [2.45, 2.75) is 50.8 Å². The lowest BCUT2D eigenvalue weighted by atomic mass is 9.96. The number of aromatic nitrogens is 2. The van der Waals surface area contributed by atoms with Gasteiger partial charge in [0.1, 0.15) is 0 Å². The highest BCUT2D eigenvalue weighted by molar-refractivity contribution is 7.90. The molecular formula is C13H19N3O3S. The zero-order valence-corrected chi connectivity index (χ0v) is 12.3. The van der Waals surface area contributed by atoms with Gasteiger partial charge in [0, 0.05) is 6.54 Å². The molecule has 110 valence electrons. The molecule has 0 spiro atoms. The van der Waals surface area contributed by atoms with Crippen LogP contribution >= 0.6 is 0 Å². The Morgan fingerprint density at radius 2 is 2.15 bits per heavy atom. The third-order valence-electron chi connectivity index (χ3n) is 4.29. The van der Waals surface area contributed by atoms with Gasteiger partial charge in [-0.3, -0.25) is 9.48 Å². The van der Waals surface area contributed by atoms with Crippen molar-refractivity contribution < 1.29 is 13.2 Å². The molecule has 1 saturated carbocycles. The standard InChI is InChI=1S/C13H19N3O3S/c1-9-5-6-16-12(7-9)11(8-14-16)13(17)15-20(18,19)10-3-2-4-10/h8-10H,2-7H2,1H3,(H,15,17). The summed E-state index contributed by atoms with van der Waals surface area (Å²) in [5.41, 5.74) is 1.25. The van der Waals surface area contributed by atoms with Crippen LogP contribution in [0.25, 0.3) is 0 Å². The highest BCUT2D eigenvalue weighted by atomic mass is 32.2. The second kappa shape index (κ2) is 4.87. The minimum atomic E-state index is -3.53. The monoisotopic (exact) mass is 297 g/mol. The van der Waals surface area contributed by atoms with E-state index in [9.17, 15) is 13.2 Å². The first kappa shape index (κ1) is 13.6. The van der Waals surface area contributed by atoms with Crippen molar-refractivity contribution in [2.24, 2.45) is 5.92 Å². The zero-order valence-electron chi connectivity index (χ0n) is 11.5. The van der Waals surface area contributed by atoms with Gasteiger partial charge >= 0.3 is 0 Å². The lowest BCUT2D eigenvalue weighted by Crippen LogP contribution is -2.41. The topological polar surface area (TPSA) is 81.1 Å². The summed E-state index contributed by atoms with van der Waals surface area (Å²) in [5.74, 6) is -0.0405. The first-order valence-electron chi connectivity index (χ1n) is 7.08. The zero-order chi connectivity index (χ0) is 14.3. The van der Waals surface area contributed by atoms with Gasteiger partial charge in [0.15, 0.2) is 0 Å². The number of nitrogens with zero attached hydrogens (tertiary/aromatic N) is 2. The largest absolute Gasteiger partial charge is 0.269 e. The quantitative estimate of drug-likeness (QED) is 0.905. The summed E-state index contributed by atoms with van der Waals surface area (Å²) >= 11 is 0. The molecule has 0 bridgehead atoms. The van der Waals surface area contributed by atoms with Gasteiger partial charge < -0.3 is 0 Å². The van der Waals surface area contributed by atoms with Crippen molar-refractivity contribution in [2.75, 3.05) is 0 Å². The number of aryl methyl sites for hydroxylation is 1. The second-order valence-electron chi connectivity index (χ2n) is 5.86. The molecular weight excluding hydrogens is 278 g/mol. The van der Waals surface area contributed by atoms with Gasteiger partial charge in [-0.05, 0) is 31.6 Å². The van der Waals surface area contributed by atoms with Crippen LogP contribution in [0.1, 0.15) is 48.7 Å². The number of amides is 1. The summed E-state index contributed by atoms with van der Waals surface area (Å²) in [6.07, 6.45) is 5.50. The summed E-state index contributed by atoms with van der Waals surface area (Å²) in [6, 6.07) is 0. The lowest BCUT2D eigenvalue weighted by Gasteiger charge is -2.25. The summed E-state index contributed by atoms with van der Waals surface area (Å²) in [6.45, 7) is 2.92. The van der Waals surface area contributed by atoms with Crippen LogP contribution in [0.4, 0.5) is 0 Å². The van der Waals surface area contributed by atoms with E-state index < -0.39 is 21.2 Å². The Hall–Kier alpha value is -1.37. The van der Waals surface area contributed by atoms with Crippen LogP contribution in [-0.4, -0.2) is 29.4 Å². The molecule has 1 amide bonds. The second-order valence-corrected chi connectivity index (χ2v) is 7.82. The number of hydrogen-bond acceptors (Lipinski definition) is 4. The van der Waals surface area contributed by atoms with Crippen LogP contribution in [0, 0.1) is 5.92 Å². The number of sulfonamides is 1. The van der Waals surface area contributed by atoms with Gasteiger partial charge in [0.05, 0.1) is 22.7 Å². The molecule has 6 nitrogen and oxygen atoms in total. The normalized spacial score (nSPS) is 22.9. The average molecular weight is 297 g/mol. The van der Waals surface area contributed by atoms with Crippen molar-refractivity contribution in [1.29, 1.82) is 0 Å². The number of fused-ring (bicyclic) bond motifs is 1. The number of carbonyl (C=O) groups is 1. The van der Waals surface area contributed by atoms with Crippen molar-refractivity contribution in [3.63, 3.8) is 0 Å². The van der Waals surface area contributed by atoms with E-state index in [1.807, 2.05) is 4.68 Å². The van der Waals surface area contributed by atoms with E-state index in [-0.39, 0.29) is 0 Å². The average Bonchev–Trinajstić information content (AvgIpc) is 2.67. The van der Waals surface area contributed by atoms with Crippen LogP contribution < -0.4 is 4.72 Å². The summed E-state index contributed by atoms with van der Waals surface area (Å²) < 4.78 is 28.0. The van der Waals surface area contributed by atoms with Crippen molar-refractivity contribution in [1.82, 2.24) is 14.5 Å². The van der Waals surface area contributed by atoms with E-state index in [4.69, 9.17) is 0 Å². The molecule has 1 aromatic rings. The van der Waals surface area contributed by atoms with E-state index >= 15 is 0 Å². The van der Waals surface area contributed by atoms with E-state index in [1.165, 1.54) is 6.20 Å². The first-order chi connectivity index (χ1) is 9.47. The van der Waals surface area contributed by atoms with Crippen molar-refractivity contribution >= 4 is 15.9 Å². The molecule has 0 aromatic carbocycles. The maximum atomic E-state index is 12.2. The molecule has 1 aromatic heterocycles.